The molecule has 0 aliphatic carbocycles. The van der Waals surface area contributed by atoms with Crippen LogP contribution in [-0.2, 0) is 32.7 Å². The standard InChI is InChI=1S/C4H9N2.CH3.Y/c1-2-6-4-3-5-1;;/h5H,1-4H2;1H3;/q2*-1;. The average molecular weight is 189 g/mol. The molecule has 0 bridgehead atoms. The maximum absolute atomic E-state index is 4.11. The van der Waals surface area contributed by atoms with E-state index in [1.54, 1.807) is 0 Å². The van der Waals surface area contributed by atoms with Crippen molar-refractivity contribution in [1.82, 2.24) is 5.32 Å². The number of rotatable bonds is 0. The van der Waals surface area contributed by atoms with E-state index in [4.69, 9.17) is 0 Å². The zero-order valence-electron chi connectivity index (χ0n) is 5.35. The Morgan fingerprint density at radius 2 is 1.62 bits per heavy atom. The van der Waals surface area contributed by atoms with Crippen molar-refractivity contribution < 1.29 is 32.7 Å². The van der Waals surface area contributed by atoms with Gasteiger partial charge in [-0.2, -0.15) is 0 Å². The van der Waals surface area contributed by atoms with Crippen LogP contribution in [0, 0.1) is 7.43 Å². The Bertz CT molecular complexity index is 25.9. The SMILES string of the molecule is C1CNCC[N-]1.[CH3-].[Y]. The predicted molar refractivity (Wildman–Crippen MR) is 32.4 cm³/mol. The number of piperazine rings is 1. The van der Waals surface area contributed by atoms with Gasteiger partial charge in [-0.05, 0) is 13.1 Å². The average Bonchev–Trinajstić information content (AvgIpc) is 1.72. The second-order valence-corrected chi connectivity index (χ2v) is 1.42. The maximum atomic E-state index is 4.11. The van der Waals surface area contributed by atoms with Gasteiger partial charge in [0, 0.05) is 32.7 Å². The van der Waals surface area contributed by atoms with Gasteiger partial charge in [-0.15, -0.1) is 13.1 Å². The predicted octanol–water partition coefficient (Wildman–Crippen LogP) is 0.411. The van der Waals surface area contributed by atoms with Crippen molar-refractivity contribution in [3.8, 4) is 0 Å². The normalized spacial score (nSPS) is 18.0. The van der Waals surface area contributed by atoms with Crippen molar-refractivity contribution in [1.29, 1.82) is 0 Å². The zero-order chi connectivity index (χ0) is 4.24. The summed E-state index contributed by atoms with van der Waals surface area (Å²) in [5.74, 6) is 0. The minimum atomic E-state index is 0. The van der Waals surface area contributed by atoms with E-state index in [0.29, 0.717) is 0 Å². The molecule has 1 rings (SSSR count). The van der Waals surface area contributed by atoms with Crippen LogP contribution in [0.15, 0.2) is 0 Å². The molecule has 47 valence electrons. The van der Waals surface area contributed by atoms with Gasteiger partial charge < -0.3 is 18.1 Å². The molecule has 0 atom stereocenters. The third-order valence-corrected chi connectivity index (χ3v) is 0.893. The van der Waals surface area contributed by atoms with Crippen LogP contribution < -0.4 is 5.32 Å². The van der Waals surface area contributed by atoms with Gasteiger partial charge in [0.15, 0.2) is 0 Å². The number of nitrogens with one attached hydrogen (secondary N) is 1. The van der Waals surface area contributed by atoms with Gasteiger partial charge in [-0.1, -0.05) is 0 Å². The summed E-state index contributed by atoms with van der Waals surface area (Å²) in [6.07, 6.45) is 0. The first-order valence-corrected chi connectivity index (χ1v) is 2.34. The van der Waals surface area contributed by atoms with Crippen LogP contribution in [0.1, 0.15) is 0 Å². The van der Waals surface area contributed by atoms with Gasteiger partial charge in [-0.3, -0.25) is 0 Å². The van der Waals surface area contributed by atoms with Crippen molar-refractivity contribution in [2.45, 2.75) is 0 Å². The molecule has 8 heavy (non-hydrogen) atoms. The van der Waals surface area contributed by atoms with Crippen molar-refractivity contribution in [2.75, 3.05) is 26.2 Å². The molecule has 1 fully saturated rings. The minimum Gasteiger partial charge on any atom is -0.660 e. The van der Waals surface area contributed by atoms with Crippen molar-refractivity contribution in [2.24, 2.45) is 0 Å². The molecule has 0 aromatic heterocycles. The van der Waals surface area contributed by atoms with Crippen molar-refractivity contribution in [3.05, 3.63) is 12.7 Å². The number of nitrogens with zero attached hydrogens (tertiary/aromatic N) is 1. The van der Waals surface area contributed by atoms with Gasteiger partial charge in [0.1, 0.15) is 0 Å². The summed E-state index contributed by atoms with van der Waals surface area (Å²) in [5.41, 5.74) is 0. The first kappa shape index (κ1) is 11.8. The summed E-state index contributed by atoms with van der Waals surface area (Å²) in [6.45, 7) is 4.19. The van der Waals surface area contributed by atoms with Crippen molar-refractivity contribution >= 4 is 0 Å². The van der Waals surface area contributed by atoms with Crippen LogP contribution in [0.3, 0.4) is 0 Å². The largest absolute Gasteiger partial charge is 0.660 e. The Balaban J connectivity index is 0. The molecule has 1 radical (unpaired) electrons. The summed E-state index contributed by atoms with van der Waals surface area (Å²) >= 11 is 0. The van der Waals surface area contributed by atoms with Gasteiger partial charge >= 0.3 is 0 Å². The zero-order valence-corrected chi connectivity index (χ0v) is 8.19. The van der Waals surface area contributed by atoms with E-state index in [1.807, 2.05) is 0 Å². The van der Waals surface area contributed by atoms with Crippen LogP contribution in [0.25, 0.3) is 5.32 Å². The molecule has 0 aromatic carbocycles. The molecule has 0 amide bonds. The van der Waals surface area contributed by atoms with Crippen LogP contribution in [-0.4, -0.2) is 26.2 Å². The number of hydrogen-bond donors (Lipinski definition) is 1. The maximum Gasteiger partial charge on any atom is 0 e. The van der Waals surface area contributed by atoms with Gasteiger partial charge in [-0.25, -0.2) is 0 Å². The van der Waals surface area contributed by atoms with Gasteiger partial charge in [0.05, 0.1) is 0 Å². The fraction of sp³-hybridized carbons (Fsp3) is 0.800. The Morgan fingerprint density at radius 3 is 1.75 bits per heavy atom. The fourth-order valence-corrected chi connectivity index (χ4v) is 0.553. The second-order valence-electron chi connectivity index (χ2n) is 1.42. The summed E-state index contributed by atoms with van der Waals surface area (Å²) in [4.78, 5) is 0. The molecular weight excluding hydrogens is 177 g/mol. The molecule has 2 nitrogen and oxygen atoms in total. The van der Waals surface area contributed by atoms with E-state index in [-0.39, 0.29) is 40.1 Å². The van der Waals surface area contributed by atoms with Gasteiger partial charge in [0.2, 0.25) is 0 Å². The van der Waals surface area contributed by atoms with Crippen LogP contribution in [0.5, 0.6) is 0 Å². The van der Waals surface area contributed by atoms with E-state index in [0.717, 1.165) is 26.2 Å². The second kappa shape index (κ2) is 8.02. The third-order valence-electron chi connectivity index (χ3n) is 0.893. The molecule has 1 N–H and O–H groups in total. The molecule has 1 heterocycles. The Hall–Kier alpha value is 1.02. The molecule has 3 heteroatoms. The Kier molecular flexibility index (Phi) is 11.8. The monoisotopic (exact) mass is 189 g/mol. The molecule has 1 saturated heterocycles. The molecule has 0 unspecified atom stereocenters. The topological polar surface area (TPSA) is 26.1 Å². The Morgan fingerprint density at radius 1 is 1.12 bits per heavy atom. The fourth-order valence-electron chi connectivity index (χ4n) is 0.553. The first-order valence-electron chi connectivity index (χ1n) is 2.34. The molecule has 0 saturated carbocycles. The quantitative estimate of drug-likeness (QED) is 0.549. The first-order chi connectivity index (χ1) is 3.00. The Labute approximate surface area is 76.7 Å². The molecule has 0 spiro atoms. The van der Waals surface area contributed by atoms with E-state index in [1.165, 1.54) is 0 Å². The summed E-state index contributed by atoms with van der Waals surface area (Å²) in [5, 5.41) is 7.31. The van der Waals surface area contributed by atoms with Crippen LogP contribution in [0.4, 0.5) is 0 Å². The molecular formula is C5H12N2Y-2. The number of hydrogen-bond acceptors (Lipinski definition) is 1. The summed E-state index contributed by atoms with van der Waals surface area (Å²) < 4.78 is 0. The molecule has 0 aromatic rings. The summed E-state index contributed by atoms with van der Waals surface area (Å²) in [7, 11) is 0. The van der Waals surface area contributed by atoms with E-state index in [9.17, 15) is 0 Å². The van der Waals surface area contributed by atoms with E-state index >= 15 is 0 Å². The molecule has 1 aliphatic heterocycles. The van der Waals surface area contributed by atoms with Crippen LogP contribution >= 0.6 is 0 Å². The minimum absolute atomic E-state index is 0. The smallest absolute Gasteiger partial charge is 0 e. The van der Waals surface area contributed by atoms with E-state index < -0.39 is 0 Å². The molecule has 1 aliphatic rings. The van der Waals surface area contributed by atoms with Crippen molar-refractivity contribution in [3.63, 3.8) is 0 Å². The van der Waals surface area contributed by atoms with E-state index in [2.05, 4.69) is 10.6 Å². The summed E-state index contributed by atoms with van der Waals surface area (Å²) in [6, 6.07) is 0. The van der Waals surface area contributed by atoms with Gasteiger partial charge in [0.25, 0.3) is 0 Å². The van der Waals surface area contributed by atoms with Crippen LogP contribution in [0.2, 0.25) is 0 Å². The third kappa shape index (κ3) is 5.17.